The lowest BCUT2D eigenvalue weighted by Gasteiger charge is -2.30. The fourth-order valence-corrected chi connectivity index (χ4v) is 4.02. The molecule has 0 saturated heterocycles. The summed E-state index contributed by atoms with van der Waals surface area (Å²) in [6.45, 7) is 16.4. The van der Waals surface area contributed by atoms with E-state index in [0.717, 1.165) is 30.6 Å². The van der Waals surface area contributed by atoms with Crippen molar-refractivity contribution in [2.45, 2.75) is 71.9 Å². The maximum Gasteiger partial charge on any atom is 0.123 e. The monoisotopic (exact) mass is 352 g/mol. The van der Waals surface area contributed by atoms with Gasteiger partial charge in [0.2, 0.25) is 0 Å². The highest BCUT2D eigenvalue weighted by Crippen LogP contribution is 2.39. The third-order valence-electron chi connectivity index (χ3n) is 5.55. The van der Waals surface area contributed by atoms with Crippen LogP contribution >= 0.6 is 0 Å². The molecule has 2 heteroatoms. The molecule has 0 aliphatic carbocycles. The Morgan fingerprint density at radius 3 is 1.96 bits per heavy atom. The van der Waals surface area contributed by atoms with Gasteiger partial charge in [0.15, 0.2) is 0 Å². The van der Waals surface area contributed by atoms with E-state index in [1.54, 1.807) is 4.90 Å². The zero-order chi connectivity index (χ0) is 19.1. The van der Waals surface area contributed by atoms with Crippen molar-refractivity contribution in [3.05, 3.63) is 64.2 Å². The Hall–Kier alpha value is -1.80. The summed E-state index contributed by atoms with van der Waals surface area (Å²) in [5.74, 6) is 0.479. The number of rotatable bonds is 2. The molecule has 0 amide bonds. The molecule has 2 aromatic carbocycles. The maximum atomic E-state index is 10.9. The van der Waals surface area contributed by atoms with E-state index in [1.807, 2.05) is 0 Å². The predicted molar refractivity (Wildman–Crippen MR) is 109 cm³/mol. The van der Waals surface area contributed by atoms with Crippen LogP contribution in [0.1, 0.15) is 69.4 Å². The summed E-state index contributed by atoms with van der Waals surface area (Å²) in [6, 6.07) is 13.3. The van der Waals surface area contributed by atoms with Crippen molar-refractivity contribution >= 4 is 0 Å². The molecule has 1 aliphatic heterocycles. The molecular formula is C24H34NO+. The van der Waals surface area contributed by atoms with Crippen LogP contribution in [0.5, 0.6) is 5.75 Å². The lowest BCUT2D eigenvalue weighted by atomic mass is 9.78. The lowest BCUT2D eigenvalue weighted by molar-refractivity contribution is -0.929. The molecule has 1 heterocycles. The number of benzene rings is 2. The average molecular weight is 353 g/mol. The molecule has 3 rings (SSSR count). The van der Waals surface area contributed by atoms with Crippen LogP contribution in [0.4, 0.5) is 0 Å². The molecule has 2 nitrogen and oxygen atoms in total. The molecule has 1 unspecified atom stereocenters. The van der Waals surface area contributed by atoms with Crippen molar-refractivity contribution in [2.24, 2.45) is 0 Å². The van der Waals surface area contributed by atoms with E-state index in [4.69, 9.17) is 0 Å². The van der Waals surface area contributed by atoms with Crippen LogP contribution in [0.2, 0.25) is 0 Å². The Labute approximate surface area is 158 Å². The zero-order valence-corrected chi connectivity index (χ0v) is 17.2. The second-order valence-corrected chi connectivity index (χ2v) is 9.91. The van der Waals surface area contributed by atoms with Gasteiger partial charge >= 0.3 is 0 Å². The molecule has 26 heavy (non-hydrogen) atoms. The number of hydrogen-bond acceptors (Lipinski definition) is 1. The van der Waals surface area contributed by atoms with Crippen LogP contribution in [0, 0.1) is 0 Å². The van der Waals surface area contributed by atoms with Crippen molar-refractivity contribution in [2.75, 3.05) is 6.54 Å². The van der Waals surface area contributed by atoms with Crippen molar-refractivity contribution < 1.29 is 10.0 Å². The van der Waals surface area contributed by atoms with E-state index < -0.39 is 0 Å². The minimum Gasteiger partial charge on any atom is -0.507 e. The molecule has 0 spiro atoms. The van der Waals surface area contributed by atoms with Gasteiger partial charge in [-0.15, -0.1) is 0 Å². The largest absolute Gasteiger partial charge is 0.507 e. The smallest absolute Gasteiger partial charge is 0.123 e. The standard InChI is InChI=1S/C24H33NO/c1-23(2,3)20-13-17(14-21(22(20)26)24(4,5)6)15-25-12-11-18-9-7-8-10-19(18)16-25/h7-10,13-14,26H,11-12,15-16H2,1-6H3/p+1. The topological polar surface area (TPSA) is 24.7 Å². The van der Waals surface area contributed by atoms with Gasteiger partial charge in [0.1, 0.15) is 18.8 Å². The van der Waals surface area contributed by atoms with Gasteiger partial charge in [-0.1, -0.05) is 65.8 Å². The summed E-state index contributed by atoms with van der Waals surface area (Å²) in [5.41, 5.74) is 6.33. The van der Waals surface area contributed by atoms with E-state index in [1.165, 1.54) is 23.2 Å². The molecule has 2 N–H and O–H groups in total. The van der Waals surface area contributed by atoms with Crippen LogP contribution in [0.25, 0.3) is 0 Å². The second kappa shape index (κ2) is 6.74. The maximum absolute atomic E-state index is 10.9. The van der Waals surface area contributed by atoms with Crippen LogP contribution in [0.3, 0.4) is 0 Å². The normalized spacial score (nSPS) is 17.8. The van der Waals surface area contributed by atoms with Gasteiger partial charge in [-0.2, -0.15) is 0 Å². The number of hydrogen-bond donors (Lipinski definition) is 2. The molecule has 2 aromatic rings. The highest BCUT2D eigenvalue weighted by Gasteiger charge is 2.28. The first-order chi connectivity index (χ1) is 12.1. The zero-order valence-electron chi connectivity index (χ0n) is 17.2. The second-order valence-electron chi connectivity index (χ2n) is 9.91. The Morgan fingerprint density at radius 1 is 0.885 bits per heavy atom. The van der Waals surface area contributed by atoms with Gasteiger partial charge < -0.3 is 10.0 Å². The number of nitrogens with one attached hydrogen (secondary N) is 1. The molecule has 0 fully saturated rings. The Kier molecular flexibility index (Phi) is 4.92. The van der Waals surface area contributed by atoms with Gasteiger partial charge in [0, 0.05) is 28.7 Å². The fraction of sp³-hybridized carbons (Fsp3) is 0.500. The first kappa shape index (κ1) is 19.0. The molecule has 0 saturated carbocycles. The van der Waals surface area contributed by atoms with E-state index >= 15 is 0 Å². The summed E-state index contributed by atoms with van der Waals surface area (Å²) in [4.78, 5) is 1.61. The molecule has 0 bridgehead atoms. The SMILES string of the molecule is CC(C)(C)c1cc(C[NH+]2CCc3ccccc3C2)cc(C(C)(C)C)c1O. The van der Waals surface area contributed by atoms with Gasteiger partial charge in [0.05, 0.1) is 6.54 Å². The lowest BCUT2D eigenvalue weighted by Crippen LogP contribution is -3.10. The van der Waals surface area contributed by atoms with Gasteiger partial charge in [-0.05, 0) is 28.5 Å². The number of phenols is 1. The summed E-state index contributed by atoms with van der Waals surface area (Å²) in [7, 11) is 0. The van der Waals surface area contributed by atoms with Gasteiger partial charge in [-0.25, -0.2) is 0 Å². The van der Waals surface area contributed by atoms with Crippen LogP contribution < -0.4 is 4.90 Å². The molecule has 0 radical (unpaired) electrons. The highest BCUT2D eigenvalue weighted by atomic mass is 16.3. The minimum absolute atomic E-state index is 0.0656. The van der Waals surface area contributed by atoms with E-state index in [2.05, 4.69) is 77.9 Å². The minimum atomic E-state index is -0.0656. The fourth-order valence-electron chi connectivity index (χ4n) is 4.02. The molecule has 1 aliphatic rings. The molecule has 0 aromatic heterocycles. The molecule has 140 valence electrons. The Bertz CT molecular complexity index is 758. The highest BCUT2D eigenvalue weighted by molar-refractivity contribution is 5.49. The van der Waals surface area contributed by atoms with Crippen molar-refractivity contribution in [3.8, 4) is 5.75 Å². The van der Waals surface area contributed by atoms with E-state index in [-0.39, 0.29) is 10.8 Å². The van der Waals surface area contributed by atoms with E-state index in [9.17, 15) is 5.11 Å². The third-order valence-corrected chi connectivity index (χ3v) is 5.55. The number of fused-ring (bicyclic) bond motifs is 1. The average Bonchev–Trinajstić information content (AvgIpc) is 2.54. The Morgan fingerprint density at radius 2 is 1.42 bits per heavy atom. The van der Waals surface area contributed by atoms with E-state index in [0.29, 0.717) is 5.75 Å². The first-order valence-electron chi connectivity index (χ1n) is 9.83. The number of phenolic OH excluding ortho intramolecular Hbond substituents is 1. The van der Waals surface area contributed by atoms with Gasteiger partial charge in [-0.3, -0.25) is 0 Å². The summed E-state index contributed by atoms with van der Waals surface area (Å²) >= 11 is 0. The summed E-state index contributed by atoms with van der Waals surface area (Å²) < 4.78 is 0. The molecular weight excluding hydrogens is 318 g/mol. The Balaban J connectivity index is 1.93. The number of quaternary nitrogens is 1. The van der Waals surface area contributed by atoms with Crippen molar-refractivity contribution in [1.29, 1.82) is 0 Å². The third kappa shape index (κ3) is 3.96. The molecule has 1 atom stereocenters. The van der Waals surface area contributed by atoms with Gasteiger partial charge in [0.25, 0.3) is 0 Å². The quantitative estimate of drug-likeness (QED) is 0.835. The first-order valence-corrected chi connectivity index (χ1v) is 9.83. The van der Waals surface area contributed by atoms with Crippen LogP contribution in [-0.4, -0.2) is 11.7 Å². The van der Waals surface area contributed by atoms with Crippen LogP contribution in [-0.2, 0) is 30.3 Å². The van der Waals surface area contributed by atoms with Crippen molar-refractivity contribution in [1.82, 2.24) is 0 Å². The predicted octanol–water partition coefficient (Wildman–Crippen LogP) is 4.13. The van der Waals surface area contributed by atoms with Crippen molar-refractivity contribution in [3.63, 3.8) is 0 Å². The summed E-state index contributed by atoms with van der Waals surface area (Å²) in [5, 5.41) is 10.9. The van der Waals surface area contributed by atoms with Crippen LogP contribution in [0.15, 0.2) is 36.4 Å². The summed E-state index contributed by atoms with van der Waals surface area (Å²) in [6.07, 6.45) is 1.15. The number of aromatic hydroxyl groups is 1.